The lowest BCUT2D eigenvalue weighted by atomic mass is 9.88. The number of nitro benzene ring substituents is 1. The SMILES string of the molecule is O=C(c1ccccc1)C1CCN(C(=O)c2ccc([N+](=O)[O-])cc2)CC1. The maximum Gasteiger partial charge on any atom is 0.269 e. The van der Waals surface area contributed by atoms with E-state index in [4.69, 9.17) is 0 Å². The molecule has 1 aliphatic heterocycles. The van der Waals surface area contributed by atoms with Crippen molar-refractivity contribution in [2.45, 2.75) is 12.8 Å². The highest BCUT2D eigenvalue weighted by Crippen LogP contribution is 2.23. The van der Waals surface area contributed by atoms with Gasteiger partial charge in [-0.2, -0.15) is 0 Å². The van der Waals surface area contributed by atoms with Crippen LogP contribution in [0.2, 0.25) is 0 Å². The fourth-order valence-corrected chi connectivity index (χ4v) is 3.09. The van der Waals surface area contributed by atoms with Crippen LogP contribution < -0.4 is 0 Å². The summed E-state index contributed by atoms with van der Waals surface area (Å²) in [6.45, 7) is 1.03. The maximum atomic E-state index is 12.5. The number of Topliss-reactive ketones (excluding diaryl/α,β-unsaturated/α-hetero) is 1. The summed E-state index contributed by atoms with van der Waals surface area (Å²) in [5, 5.41) is 10.7. The summed E-state index contributed by atoms with van der Waals surface area (Å²) in [6.07, 6.45) is 1.26. The zero-order valence-electron chi connectivity index (χ0n) is 13.6. The van der Waals surface area contributed by atoms with Gasteiger partial charge in [-0.1, -0.05) is 30.3 Å². The molecule has 0 unspecified atom stereocenters. The maximum absolute atomic E-state index is 12.5. The van der Waals surface area contributed by atoms with Crippen LogP contribution in [0.1, 0.15) is 33.6 Å². The third-order valence-electron chi connectivity index (χ3n) is 4.54. The molecular weight excluding hydrogens is 320 g/mol. The molecule has 2 aromatic rings. The van der Waals surface area contributed by atoms with E-state index in [-0.39, 0.29) is 23.3 Å². The van der Waals surface area contributed by atoms with Crippen LogP contribution in [0.4, 0.5) is 5.69 Å². The zero-order chi connectivity index (χ0) is 17.8. The molecule has 0 aromatic heterocycles. The molecule has 3 rings (SSSR count). The Kier molecular flexibility index (Phi) is 4.88. The number of nitro groups is 1. The molecule has 25 heavy (non-hydrogen) atoms. The Morgan fingerprint density at radius 1 is 0.920 bits per heavy atom. The standard InChI is InChI=1S/C19H18N2O4/c22-18(14-4-2-1-3-5-14)15-10-12-20(13-11-15)19(23)16-6-8-17(9-7-16)21(24)25/h1-9,15H,10-13H2. The number of likely N-dealkylation sites (tertiary alicyclic amines) is 1. The smallest absolute Gasteiger partial charge is 0.269 e. The Morgan fingerprint density at radius 3 is 2.08 bits per heavy atom. The molecule has 128 valence electrons. The van der Waals surface area contributed by atoms with E-state index in [1.165, 1.54) is 24.3 Å². The van der Waals surface area contributed by atoms with Crippen LogP contribution in [-0.4, -0.2) is 34.6 Å². The molecule has 1 heterocycles. The normalized spacial score (nSPS) is 15.0. The van der Waals surface area contributed by atoms with Crippen molar-refractivity contribution in [2.75, 3.05) is 13.1 Å². The van der Waals surface area contributed by atoms with Gasteiger partial charge in [0.05, 0.1) is 4.92 Å². The first-order valence-electron chi connectivity index (χ1n) is 8.19. The summed E-state index contributed by atoms with van der Waals surface area (Å²) >= 11 is 0. The van der Waals surface area contributed by atoms with E-state index in [0.717, 1.165) is 0 Å². The Labute approximate surface area is 145 Å². The van der Waals surface area contributed by atoms with Crippen molar-refractivity contribution in [3.63, 3.8) is 0 Å². The van der Waals surface area contributed by atoms with Crippen LogP contribution >= 0.6 is 0 Å². The monoisotopic (exact) mass is 338 g/mol. The number of hydrogen-bond donors (Lipinski definition) is 0. The largest absolute Gasteiger partial charge is 0.339 e. The van der Waals surface area contributed by atoms with Crippen molar-refractivity contribution in [1.29, 1.82) is 0 Å². The van der Waals surface area contributed by atoms with Gasteiger partial charge in [-0.25, -0.2) is 0 Å². The first kappa shape index (κ1) is 16.8. The summed E-state index contributed by atoms with van der Waals surface area (Å²) in [7, 11) is 0. The Hall–Kier alpha value is -3.02. The zero-order valence-corrected chi connectivity index (χ0v) is 13.6. The lowest BCUT2D eigenvalue weighted by molar-refractivity contribution is -0.384. The van der Waals surface area contributed by atoms with E-state index in [9.17, 15) is 19.7 Å². The fourth-order valence-electron chi connectivity index (χ4n) is 3.09. The van der Waals surface area contributed by atoms with Crippen LogP contribution in [0.5, 0.6) is 0 Å². The molecular formula is C19H18N2O4. The Bertz CT molecular complexity index is 779. The third-order valence-corrected chi connectivity index (χ3v) is 4.54. The minimum absolute atomic E-state index is 0.0382. The van der Waals surface area contributed by atoms with E-state index >= 15 is 0 Å². The molecule has 1 amide bonds. The summed E-state index contributed by atoms with van der Waals surface area (Å²) < 4.78 is 0. The van der Waals surface area contributed by atoms with Crippen LogP contribution in [0.3, 0.4) is 0 Å². The van der Waals surface area contributed by atoms with Crippen LogP contribution in [0.15, 0.2) is 54.6 Å². The van der Waals surface area contributed by atoms with Gasteiger partial charge in [-0.15, -0.1) is 0 Å². The number of carbonyl (C=O) groups excluding carboxylic acids is 2. The highest BCUT2D eigenvalue weighted by Gasteiger charge is 2.28. The molecule has 0 aliphatic carbocycles. The van der Waals surface area contributed by atoms with Crippen LogP contribution in [-0.2, 0) is 0 Å². The quantitative estimate of drug-likeness (QED) is 0.486. The molecule has 6 nitrogen and oxygen atoms in total. The molecule has 0 N–H and O–H groups in total. The molecule has 2 aromatic carbocycles. The molecule has 0 bridgehead atoms. The Balaban J connectivity index is 1.61. The van der Waals surface area contributed by atoms with Crippen molar-refractivity contribution in [2.24, 2.45) is 5.92 Å². The van der Waals surface area contributed by atoms with E-state index < -0.39 is 4.92 Å². The van der Waals surface area contributed by atoms with Crippen molar-refractivity contribution in [1.82, 2.24) is 4.90 Å². The van der Waals surface area contributed by atoms with Crippen LogP contribution in [0.25, 0.3) is 0 Å². The third kappa shape index (κ3) is 3.74. The number of hydrogen-bond acceptors (Lipinski definition) is 4. The number of rotatable bonds is 4. The van der Waals surface area contributed by atoms with E-state index in [1.54, 1.807) is 4.90 Å². The van der Waals surface area contributed by atoms with Gasteiger partial charge in [0.25, 0.3) is 11.6 Å². The molecule has 6 heteroatoms. The molecule has 1 aliphatic rings. The minimum Gasteiger partial charge on any atom is -0.339 e. The predicted octanol–water partition coefficient (Wildman–Crippen LogP) is 3.33. The number of carbonyl (C=O) groups is 2. The Morgan fingerprint density at radius 2 is 1.52 bits per heavy atom. The summed E-state index contributed by atoms with van der Waals surface area (Å²) in [5.74, 6) is -0.0909. The summed E-state index contributed by atoms with van der Waals surface area (Å²) in [4.78, 5) is 36.9. The average molecular weight is 338 g/mol. The van der Waals surface area contributed by atoms with Crippen molar-refractivity contribution in [3.8, 4) is 0 Å². The van der Waals surface area contributed by atoms with Gasteiger partial charge in [0.15, 0.2) is 5.78 Å². The number of nitrogens with zero attached hydrogens (tertiary/aromatic N) is 2. The van der Waals surface area contributed by atoms with Crippen molar-refractivity contribution < 1.29 is 14.5 Å². The van der Waals surface area contributed by atoms with E-state index in [1.807, 2.05) is 30.3 Å². The van der Waals surface area contributed by atoms with Gasteiger partial charge < -0.3 is 4.90 Å². The second kappa shape index (κ2) is 7.25. The van der Waals surface area contributed by atoms with Gasteiger partial charge in [-0.05, 0) is 25.0 Å². The summed E-state index contributed by atoms with van der Waals surface area (Å²) in [5.41, 5.74) is 1.10. The highest BCUT2D eigenvalue weighted by atomic mass is 16.6. The van der Waals surface area contributed by atoms with Gasteiger partial charge >= 0.3 is 0 Å². The lowest BCUT2D eigenvalue weighted by Crippen LogP contribution is -2.40. The summed E-state index contributed by atoms with van der Waals surface area (Å²) in [6, 6.07) is 14.8. The molecule has 0 saturated carbocycles. The number of amides is 1. The topological polar surface area (TPSA) is 80.5 Å². The van der Waals surface area contributed by atoms with Gasteiger partial charge in [-0.3, -0.25) is 19.7 Å². The van der Waals surface area contributed by atoms with E-state index in [2.05, 4.69) is 0 Å². The van der Waals surface area contributed by atoms with Gasteiger partial charge in [0, 0.05) is 42.3 Å². The predicted molar refractivity (Wildman–Crippen MR) is 92.5 cm³/mol. The number of non-ortho nitro benzene ring substituents is 1. The van der Waals surface area contributed by atoms with E-state index in [0.29, 0.717) is 37.1 Å². The minimum atomic E-state index is -0.491. The van der Waals surface area contributed by atoms with Gasteiger partial charge in [0.2, 0.25) is 0 Å². The average Bonchev–Trinajstić information content (AvgIpc) is 2.67. The molecule has 1 fully saturated rings. The fraction of sp³-hybridized carbons (Fsp3) is 0.263. The first-order valence-corrected chi connectivity index (χ1v) is 8.19. The van der Waals surface area contributed by atoms with Crippen LogP contribution in [0, 0.1) is 16.0 Å². The molecule has 0 atom stereocenters. The second-order valence-electron chi connectivity index (χ2n) is 6.10. The van der Waals surface area contributed by atoms with Crippen molar-refractivity contribution >= 4 is 17.4 Å². The molecule has 0 spiro atoms. The van der Waals surface area contributed by atoms with Gasteiger partial charge in [0.1, 0.15) is 0 Å². The highest BCUT2D eigenvalue weighted by molar-refractivity contribution is 5.98. The number of ketones is 1. The second-order valence-corrected chi connectivity index (χ2v) is 6.10. The molecule has 1 saturated heterocycles. The van der Waals surface area contributed by atoms with Crippen molar-refractivity contribution in [3.05, 3.63) is 75.8 Å². The number of benzene rings is 2. The number of piperidine rings is 1. The first-order chi connectivity index (χ1) is 12.1. The lowest BCUT2D eigenvalue weighted by Gasteiger charge is -2.31. The molecule has 0 radical (unpaired) electrons.